The molecule has 17 heavy (non-hydrogen) atoms. The Bertz CT molecular complexity index is 289. The molecule has 1 aliphatic rings. The van der Waals surface area contributed by atoms with E-state index in [1.807, 2.05) is 27.7 Å². The van der Waals surface area contributed by atoms with Gasteiger partial charge in [-0.2, -0.15) is 0 Å². The van der Waals surface area contributed by atoms with Crippen molar-refractivity contribution < 1.29 is 14.3 Å². The molecular formula is C11H21ClN2O3. The number of ether oxygens (including phenoxy) is 1. The Morgan fingerprint density at radius 2 is 2.06 bits per heavy atom. The third kappa shape index (κ3) is 5.77. The summed E-state index contributed by atoms with van der Waals surface area (Å²) in [6.07, 6.45) is 0.335. The first-order valence-electron chi connectivity index (χ1n) is 5.55. The van der Waals surface area contributed by atoms with E-state index in [0.717, 1.165) is 6.42 Å². The molecule has 1 N–H and O–H groups in total. The van der Waals surface area contributed by atoms with Gasteiger partial charge in [0.2, 0.25) is 5.91 Å². The number of halogens is 1. The number of nitrogens with zero attached hydrogens (tertiary/aromatic N) is 1. The van der Waals surface area contributed by atoms with Gasteiger partial charge in [0, 0.05) is 12.6 Å². The van der Waals surface area contributed by atoms with Crippen LogP contribution in [0.15, 0.2) is 0 Å². The van der Waals surface area contributed by atoms with Gasteiger partial charge in [-0.05, 0) is 34.1 Å². The fourth-order valence-electron chi connectivity index (χ4n) is 1.48. The van der Waals surface area contributed by atoms with Crippen molar-refractivity contribution in [2.24, 2.45) is 0 Å². The molecule has 1 heterocycles. The minimum Gasteiger partial charge on any atom is -0.444 e. The molecule has 1 fully saturated rings. The topological polar surface area (TPSA) is 58.6 Å². The SMILES string of the molecule is CC1CCN(C(=O)OC(C)(C)C)CC(=O)N1.Cl. The number of carbonyl (C=O) groups is 2. The predicted octanol–water partition coefficient (Wildman–Crippen LogP) is 1.55. The first kappa shape index (κ1) is 16.0. The lowest BCUT2D eigenvalue weighted by atomic mass is 10.2. The molecule has 100 valence electrons. The Kier molecular flexibility index (Phi) is 5.75. The van der Waals surface area contributed by atoms with Crippen LogP contribution in [0.5, 0.6) is 0 Å². The summed E-state index contributed by atoms with van der Waals surface area (Å²) in [6.45, 7) is 7.99. The van der Waals surface area contributed by atoms with Crippen molar-refractivity contribution in [1.82, 2.24) is 10.2 Å². The van der Waals surface area contributed by atoms with Crippen LogP contribution >= 0.6 is 12.4 Å². The molecule has 0 saturated carbocycles. The van der Waals surface area contributed by atoms with Crippen LogP contribution in [0.25, 0.3) is 0 Å². The molecule has 6 heteroatoms. The van der Waals surface area contributed by atoms with Crippen molar-refractivity contribution in [1.29, 1.82) is 0 Å². The maximum absolute atomic E-state index is 11.7. The van der Waals surface area contributed by atoms with Crippen LogP contribution in [-0.4, -0.2) is 41.6 Å². The number of rotatable bonds is 0. The van der Waals surface area contributed by atoms with E-state index in [0.29, 0.717) is 6.54 Å². The van der Waals surface area contributed by atoms with E-state index in [2.05, 4.69) is 5.32 Å². The van der Waals surface area contributed by atoms with Crippen LogP contribution in [0.3, 0.4) is 0 Å². The summed E-state index contributed by atoms with van der Waals surface area (Å²) in [5.74, 6) is -0.129. The van der Waals surface area contributed by atoms with E-state index in [4.69, 9.17) is 4.74 Å². The zero-order chi connectivity index (χ0) is 12.3. The first-order chi connectivity index (χ1) is 7.28. The highest BCUT2D eigenvalue weighted by molar-refractivity contribution is 5.85. The number of hydrogen-bond acceptors (Lipinski definition) is 3. The van der Waals surface area contributed by atoms with Crippen LogP contribution < -0.4 is 5.32 Å². The first-order valence-corrected chi connectivity index (χ1v) is 5.55. The van der Waals surface area contributed by atoms with Crippen molar-refractivity contribution in [3.05, 3.63) is 0 Å². The van der Waals surface area contributed by atoms with Crippen LogP contribution in [0.2, 0.25) is 0 Å². The highest BCUT2D eigenvalue weighted by Gasteiger charge is 2.26. The second-order valence-corrected chi connectivity index (χ2v) is 5.16. The summed E-state index contributed by atoms with van der Waals surface area (Å²) in [5, 5.41) is 2.80. The van der Waals surface area contributed by atoms with Gasteiger partial charge in [0.05, 0.1) is 0 Å². The Morgan fingerprint density at radius 1 is 1.47 bits per heavy atom. The van der Waals surface area contributed by atoms with Crippen LogP contribution in [0.4, 0.5) is 4.79 Å². The number of carbonyl (C=O) groups excluding carboxylic acids is 2. The van der Waals surface area contributed by atoms with Crippen molar-refractivity contribution in [2.45, 2.75) is 45.8 Å². The third-order valence-electron chi connectivity index (χ3n) is 2.23. The predicted molar refractivity (Wildman–Crippen MR) is 67.3 cm³/mol. The molecule has 0 aromatic rings. The molecule has 0 bridgehead atoms. The molecular weight excluding hydrogens is 244 g/mol. The van der Waals surface area contributed by atoms with Gasteiger partial charge in [-0.15, -0.1) is 12.4 Å². The second-order valence-electron chi connectivity index (χ2n) is 5.16. The Labute approximate surface area is 108 Å². The highest BCUT2D eigenvalue weighted by Crippen LogP contribution is 2.11. The second kappa shape index (κ2) is 6.10. The maximum Gasteiger partial charge on any atom is 0.410 e. The van der Waals surface area contributed by atoms with Gasteiger partial charge in [-0.1, -0.05) is 0 Å². The van der Waals surface area contributed by atoms with E-state index < -0.39 is 11.7 Å². The molecule has 1 unspecified atom stereocenters. The Hall–Kier alpha value is -0.970. The zero-order valence-electron chi connectivity index (χ0n) is 10.8. The quantitative estimate of drug-likeness (QED) is 0.722. The zero-order valence-corrected chi connectivity index (χ0v) is 11.6. The summed E-state index contributed by atoms with van der Waals surface area (Å²) in [6, 6.07) is 0.111. The standard InChI is InChI=1S/C11H20N2O3.ClH/c1-8-5-6-13(7-9(14)12-8)10(15)16-11(2,3)4;/h8H,5-7H2,1-4H3,(H,12,14);1H. The molecule has 0 aliphatic carbocycles. The lowest BCUT2D eigenvalue weighted by molar-refractivity contribution is -0.122. The molecule has 0 aromatic carbocycles. The molecule has 1 atom stereocenters. The van der Waals surface area contributed by atoms with E-state index in [9.17, 15) is 9.59 Å². The fraction of sp³-hybridized carbons (Fsp3) is 0.818. The average molecular weight is 265 g/mol. The summed E-state index contributed by atoms with van der Waals surface area (Å²) in [7, 11) is 0. The van der Waals surface area contributed by atoms with Crippen molar-refractivity contribution >= 4 is 24.4 Å². The Morgan fingerprint density at radius 3 is 2.59 bits per heavy atom. The molecule has 5 nitrogen and oxygen atoms in total. The van der Waals surface area contributed by atoms with Crippen LogP contribution in [0, 0.1) is 0 Å². The van der Waals surface area contributed by atoms with Gasteiger partial charge in [-0.25, -0.2) is 4.79 Å². The van der Waals surface area contributed by atoms with E-state index >= 15 is 0 Å². The van der Waals surface area contributed by atoms with Crippen molar-refractivity contribution in [2.75, 3.05) is 13.1 Å². The lowest BCUT2D eigenvalue weighted by Crippen LogP contribution is -2.41. The van der Waals surface area contributed by atoms with Crippen molar-refractivity contribution in [3.63, 3.8) is 0 Å². The molecule has 2 amide bonds. The van der Waals surface area contributed by atoms with Gasteiger partial charge >= 0.3 is 6.09 Å². The van der Waals surface area contributed by atoms with Gasteiger partial charge in [0.15, 0.2) is 0 Å². The molecule has 1 rings (SSSR count). The van der Waals surface area contributed by atoms with Gasteiger partial charge < -0.3 is 10.1 Å². The molecule has 0 radical (unpaired) electrons. The van der Waals surface area contributed by atoms with E-state index in [1.54, 1.807) is 0 Å². The normalized spacial score (nSPS) is 21.1. The molecule has 1 aliphatic heterocycles. The minimum absolute atomic E-state index is 0. The third-order valence-corrected chi connectivity index (χ3v) is 2.23. The summed E-state index contributed by atoms with van der Waals surface area (Å²) >= 11 is 0. The lowest BCUT2D eigenvalue weighted by Gasteiger charge is -2.25. The Balaban J connectivity index is 0.00000256. The molecule has 0 aromatic heterocycles. The summed E-state index contributed by atoms with van der Waals surface area (Å²) in [5.41, 5.74) is -0.522. The van der Waals surface area contributed by atoms with Crippen molar-refractivity contribution in [3.8, 4) is 0 Å². The smallest absolute Gasteiger partial charge is 0.410 e. The molecule has 1 saturated heterocycles. The monoisotopic (exact) mass is 264 g/mol. The number of hydrogen-bond donors (Lipinski definition) is 1. The molecule has 0 spiro atoms. The summed E-state index contributed by atoms with van der Waals surface area (Å²) < 4.78 is 5.22. The van der Waals surface area contributed by atoms with E-state index in [-0.39, 0.29) is 30.9 Å². The minimum atomic E-state index is -0.522. The average Bonchev–Trinajstić information content (AvgIpc) is 2.23. The maximum atomic E-state index is 11.7. The fourth-order valence-corrected chi connectivity index (χ4v) is 1.48. The summed E-state index contributed by atoms with van der Waals surface area (Å²) in [4.78, 5) is 24.6. The van der Waals surface area contributed by atoms with E-state index in [1.165, 1.54) is 4.90 Å². The van der Waals surface area contributed by atoms with Crippen LogP contribution in [0.1, 0.15) is 34.1 Å². The van der Waals surface area contributed by atoms with Gasteiger partial charge in [0.1, 0.15) is 12.1 Å². The largest absolute Gasteiger partial charge is 0.444 e. The van der Waals surface area contributed by atoms with Gasteiger partial charge in [0.25, 0.3) is 0 Å². The highest BCUT2D eigenvalue weighted by atomic mass is 35.5. The number of amides is 2. The van der Waals surface area contributed by atoms with Gasteiger partial charge in [-0.3, -0.25) is 9.69 Å². The number of nitrogens with one attached hydrogen (secondary N) is 1. The van der Waals surface area contributed by atoms with Crippen LogP contribution in [-0.2, 0) is 9.53 Å².